The Morgan fingerprint density at radius 2 is 2.06 bits per heavy atom. The molecule has 0 aliphatic rings. The Balaban J connectivity index is 2.13. The van der Waals surface area contributed by atoms with E-state index in [9.17, 15) is 0 Å². The van der Waals surface area contributed by atoms with Crippen molar-refractivity contribution >= 4 is 16.6 Å². The summed E-state index contributed by atoms with van der Waals surface area (Å²) in [5.41, 5.74) is 7.86. The summed E-state index contributed by atoms with van der Waals surface area (Å²) in [6.45, 7) is 2.18. The van der Waals surface area contributed by atoms with Crippen LogP contribution in [0.4, 0.5) is 5.69 Å². The molecule has 86 valence electrons. The Morgan fingerprint density at radius 3 is 2.81 bits per heavy atom. The van der Waals surface area contributed by atoms with Crippen LogP contribution in [0.2, 0.25) is 0 Å². The third kappa shape index (κ3) is 2.36. The van der Waals surface area contributed by atoms with Crippen molar-refractivity contribution in [1.29, 1.82) is 0 Å². The Kier molecular flexibility index (Phi) is 3.15. The molecule has 0 atom stereocenters. The van der Waals surface area contributed by atoms with Crippen molar-refractivity contribution in [2.45, 2.75) is 13.0 Å². The van der Waals surface area contributed by atoms with E-state index < -0.39 is 0 Å². The van der Waals surface area contributed by atoms with E-state index >= 15 is 0 Å². The van der Waals surface area contributed by atoms with Gasteiger partial charge in [0.1, 0.15) is 0 Å². The highest BCUT2D eigenvalue weighted by Gasteiger charge is 2.01. The molecule has 2 rings (SSSR count). The molecule has 0 radical (unpaired) electrons. The molecule has 0 fully saturated rings. The zero-order valence-corrected chi connectivity index (χ0v) is 9.98. The first-order valence-electron chi connectivity index (χ1n) is 5.66. The van der Waals surface area contributed by atoms with Crippen molar-refractivity contribution in [2.24, 2.45) is 0 Å². The van der Waals surface area contributed by atoms with Crippen LogP contribution in [0.25, 0.3) is 10.9 Å². The van der Waals surface area contributed by atoms with Crippen molar-refractivity contribution in [3.05, 3.63) is 30.5 Å². The van der Waals surface area contributed by atoms with Crippen molar-refractivity contribution in [3.8, 4) is 0 Å². The minimum atomic E-state index is 0.832. The summed E-state index contributed by atoms with van der Waals surface area (Å²) >= 11 is 0. The van der Waals surface area contributed by atoms with Crippen LogP contribution in [-0.2, 0) is 6.54 Å². The van der Waals surface area contributed by atoms with Gasteiger partial charge in [0, 0.05) is 29.3 Å². The largest absolute Gasteiger partial charge is 0.399 e. The van der Waals surface area contributed by atoms with Crippen LogP contribution in [0.15, 0.2) is 30.5 Å². The van der Waals surface area contributed by atoms with Gasteiger partial charge in [-0.2, -0.15) is 0 Å². The van der Waals surface area contributed by atoms with E-state index in [0.29, 0.717) is 0 Å². The SMILES string of the molecule is CN(C)CCCn1ccc2cc(N)ccc21. The molecule has 0 saturated carbocycles. The number of aryl methyl sites for hydroxylation is 1. The molecule has 1 aromatic heterocycles. The van der Waals surface area contributed by atoms with Crippen molar-refractivity contribution in [2.75, 3.05) is 26.4 Å². The van der Waals surface area contributed by atoms with E-state index in [1.165, 1.54) is 17.3 Å². The van der Waals surface area contributed by atoms with Gasteiger partial charge in [-0.05, 0) is 51.3 Å². The third-order valence-corrected chi connectivity index (χ3v) is 2.80. The Bertz CT molecular complexity index is 471. The van der Waals surface area contributed by atoms with Crippen LogP contribution in [0, 0.1) is 0 Å². The summed E-state index contributed by atoms with van der Waals surface area (Å²) in [6, 6.07) is 8.21. The van der Waals surface area contributed by atoms with Crippen LogP contribution < -0.4 is 5.73 Å². The van der Waals surface area contributed by atoms with Crippen molar-refractivity contribution in [3.63, 3.8) is 0 Å². The molecule has 0 aliphatic carbocycles. The van der Waals surface area contributed by atoms with E-state index in [4.69, 9.17) is 5.73 Å². The molecule has 16 heavy (non-hydrogen) atoms. The number of aromatic nitrogens is 1. The lowest BCUT2D eigenvalue weighted by molar-refractivity contribution is 0.388. The number of nitrogen functional groups attached to an aromatic ring is 1. The second kappa shape index (κ2) is 4.58. The van der Waals surface area contributed by atoms with Crippen LogP contribution in [0.3, 0.4) is 0 Å². The maximum Gasteiger partial charge on any atom is 0.0481 e. The summed E-state index contributed by atoms with van der Waals surface area (Å²) in [7, 11) is 4.21. The van der Waals surface area contributed by atoms with E-state index in [1.54, 1.807) is 0 Å². The van der Waals surface area contributed by atoms with E-state index in [0.717, 1.165) is 18.8 Å². The average molecular weight is 217 g/mol. The van der Waals surface area contributed by atoms with Gasteiger partial charge < -0.3 is 15.2 Å². The summed E-state index contributed by atoms with van der Waals surface area (Å²) in [6.07, 6.45) is 3.31. The van der Waals surface area contributed by atoms with Gasteiger partial charge in [0.2, 0.25) is 0 Å². The number of anilines is 1. The molecule has 0 spiro atoms. The molecule has 0 unspecified atom stereocenters. The fourth-order valence-corrected chi connectivity index (χ4v) is 1.97. The van der Waals surface area contributed by atoms with Gasteiger partial charge in [-0.1, -0.05) is 0 Å². The van der Waals surface area contributed by atoms with Crippen LogP contribution in [0.5, 0.6) is 0 Å². The molecule has 0 amide bonds. The number of nitrogens with two attached hydrogens (primary N) is 1. The number of nitrogens with zero attached hydrogens (tertiary/aromatic N) is 2. The molecule has 1 aromatic carbocycles. The lowest BCUT2D eigenvalue weighted by Gasteiger charge is -2.10. The second-order valence-corrected chi connectivity index (χ2v) is 4.48. The topological polar surface area (TPSA) is 34.2 Å². The first-order chi connectivity index (χ1) is 7.66. The van der Waals surface area contributed by atoms with E-state index in [1.807, 2.05) is 12.1 Å². The van der Waals surface area contributed by atoms with Gasteiger partial charge in [0.25, 0.3) is 0 Å². The van der Waals surface area contributed by atoms with Crippen LogP contribution in [-0.4, -0.2) is 30.1 Å². The van der Waals surface area contributed by atoms with Crippen LogP contribution >= 0.6 is 0 Å². The third-order valence-electron chi connectivity index (χ3n) is 2.80. The maximum atomic E-state index is 5.76. The highest BCUT2D eigenvalue weighted by molar-refractivity contribution is 5.83. The van der Waals surface area contributed by atoms with Gasteiger partial charge >= 0.3 is 0 Å². The summed E-state index contributed by atoms with van der Waals surface area (Å²) in [5.74, 6) is 0. The highest BCUT2D eigenvalue weighted by atomic mass is 15.1. The van der Waals surface area contributed by atoms with Gasteiger partial charge in [-0.15, -0.1) is 0 Å². The zero-order valence-electron chi connectivity index (χ0n) is 9.98. The van der Waals surface area contributed by atoms with Crippen molar-refractivity contribution < 1.29 is 0 Å². The fraction of sp³-hybridized carbons (Fsp3) is 0.385. The standard InChI is InChI=1S/C13H19N3/c1-15(2)7-3-8-16-9-6-11-10-12(14)4-5-13(11)16/h4-6,9-10H,3,7-8,14H2,1-2H3. The summed E-state index contributed by atoms with van der Waals surface area (Å²) < 4.78 is 2.29. The lowest BCUT2D eigenvalue weighted by atomic mass is 10.2. The minimum Gasteiger partial charge on any atom is -0.399 e. The highest BCUT2D eigenvalue weighted by Crippen LogP contribution is 2.18. The second-order valence-electron chi connectivity index (χ2n) is 4.48. The molecule has 0 bridgehead atoms. The Hall–Kier alpha value is -1.48. The smallest absolute Gasteiger partial charge is 0.0481 e. The monoisotopic (exact) mass is 217 g/mol. The summed E-state index contributed by atoms with van der Waals surface area (Å²) in [4.78, 5) is 2.21. The minimum absolute atomic E-state index is 0.832. The van der Waals surface area contributed by atoms with Crippen LogP contribution in [0.1, 0.15) is 6.42 Å². The molecule has 2 aromatic rings. The average Bonchev–Trinajstić information content (AvgIpc) is 2.60. The predicted octanol–water partition coefficient (Wildman–Crippen LogP) is 2.18. The van der Waals surface area contributed by atoms with Crippen molar-refractivity contribution in [1.82, 2.24) is 9.47 Å². The number of rotatable bonds is 4. The first-order valence-corrected chi connectivity index (χ1v) is 5.66. The molecule has 3 heteroatoms. The number of hydrogen-bond donors (Lipinski definition) is 1. The number of benzene rings is 1. The van der Waals surface area contributed by atoms with Gasteiger partial charge in [0.15, 0.2) is 0 Å². The number of fused-ring (bicyclic) bond motifs is 1. The van der Waals surface area contributed by atoms with Gasteiger partial charge in [0.05, 0.1) is 0 Å². The molecule has 0 aliphatic heterocycles. The zero-order chi connectivity index (χ0) is 11.5. The molecule has 1 heterocycles. The van der Waals surface area contributed by atoms with Gasteiger partial charge in [-0.3, -0.25) is 0 Å². The lowest BCUT2D eigenvalue weighted by Crippen LogP contribution is -2.14. The number of hydrogen-bond acceptors (Lipinski definition) is 2. The predicted molar refractivity (Wildman–Crippen MR) is 69.5 cm³/mol. The normalized spacial score (nSPS) is 11.4. The molecule has 2 N–H and O–H groups in total. The maximum absolute atomic E-state index is 5.76. The molecule has 0 saturated heterocycles. The fourth-order valence-electron chi connectivity index (χ4n) is 1.97. The first kappa shape index (κ1) is 11.0. The summed E-state index contributed by atoms with van der Waals surface area (Å²) in [5, 5.41) is 1.23. The molecular formula is C13H19N3. The Morgan fingerprint density at radius 1 is 1.25 bits per heavy atom. The van der Waals surface area contributed by atoms with E-state index in [2.05, 4.69) is 41.9 Å². The molecule has 3 nitrogen and oxygen atoms in total. The molecular weight excluding hydrogens is 198 g/mol. The van der Waals surface area contributed by atoms with Gasteiger partial charge in [-0.25, -0.2) is 0 Å². The van der Waals surface area contributed by atoms with E-state index in [-0.39, 0.29) is 0 Å². The Labute approximate surface area is 96.5 Å². The quantitative estimate of drug-likeness (QED) is 0.796.